The molecule has 7 nitrogen and oxygen atoms in total. The van der Waals surface area contributed by atoms with Crippen molar-refractivity contribution in [3.63, 3.8) is 0 Å². The Bertz CT molecular complexity index is 934. The Kier molecular flexibility index (Phi) is 6.99. The molecule has 1 saturated heterocycles. The Morgan fingerprint density at radius 2 is 1.90 bits per heavy atom. The second kappa shape index (κ2) is 9.51. The number of piperazine rings is 1. The Labute approximate surface area is 182 Å². The van der Waals surface area contributed by atoms with Crippen molar-refractivity contribution < 1.29 is 27.4 Å². The molecule has 1 aromatic carbocycles. The van der Waals surface area contributed by atoms with E-state index in [1.165, 1.54) is 14.2 Å². The number of amides is 2. The average molecular weight is 459 g/mol. The van der Waals surface area contributed by atoms with Gasteiger partial charge in [0.15, 0.2) is 11.5 Å². The summed E-state index contributed by atoms with van der Waals surface area (Å²) in [5, 5.41) is 2.78. The zero-order chi connectivity index (χ0) is 22.6. The largest absolute Gasteiger partial charge is 0.493 e. The molecule has 0 radical (unpaired) electrons. The number of nitrogens with one attached hydrogen (secondary N) is 1. The molecule has 0 aliphatic carbocycles. The van der Waals surface area contributed by atoms with Gasteiger partial charge in [-0.15, -0.1) is 0 Å². The van der Waals surface area contributed by atoms with Crippen molar-refractivity contribution in [3.8, 4) is 11.5 Å². The molecule has 1 N–H and O–H groups in total. The minimum absolute atomic E-state index is 0.0714. The zero-order valence-corrected chi connectivity index (χ0v) is 17.8. The summed E-state index contributed by atoms with van der Waals surface area (Å²) in [4.78, 5) is 19.8. The van der Waals surface area contributed by atoms with Crippen molar-refractivity contribution in [1.29, 1.82) is 0 Å². The van der Waals surface area contributed by atoms with Gasteiger partial charge in [0.05, 0.1) is 24.8 Å². The quantitative estimate of drug-likeness (QED) is 0.738. The van der Waals surface area contributed by atoms with Crippen LogP contribution in [0.1, 0.15) is 11.1 Å². The first-order valence-electron chi connectivity index (χ1n) is 9.45. The van der Waals surface area contributed by atoms with E-state index in [1.54, 1.807) is 15.9 Å². The first-order valence-corrected chi connectivity index (χ1v) is 9.82. The number of ether oxygens (including phenoxy) is 2. The Morgan fingerprint density at radius 3 is 2.48 bits per heavy atom. The molecule has 3 rings (SSSR count). The van der Waals surface area contributed by atoms with Crippen LogP contribution in [0.2, 0.25) is 5.02 Å². The lowest BCUT2D eigenvalue weighted by atomic mass is 10.2. The summed E-state index contributed by atoms with van der Waals surface area (Å²) in [5.74, 6) is 1.40. The van der Waals surface area contributed by atoms with Crippen LogP contribution in [0, 0.1) is 0 Å². The molecule has 1 aromatic heterocycles. The van der Waals surface area contributed by atoms with E-state index >= 15 is 0 Å². The van der Waals surface area contributed by atoms with Crippen LogP contribution in [0.4, 0.5) is 23.8 Å². The number of methoxy groups -OCH3 is 2. The molecule has 168 valence electrons. The summed E-state index contributed by atoms with van der Waals surface area (Å²) in [7, 11) is 3.07. The molecule has 0 spiro atoms. The van der Waals surface area contributed by atoms with E-state index in [2.05, 4.69) is 10.3 Å². The fourth-order valence-corrected chi connectivity index (χ4v) is 3.60. The second-order valence-corrected chi connectivity index (χ2v) is 7.22. The molecule has 2 heterocycles. The van der Waals surface area contributed by atoms with Crippen LogP contribution in [0.25, 0.3) is 0 Å². The van der Waals surface area contributed by atoms with E-state index in [0.29, 0.717) is 37.7 Å². The smallest absolute Gasteiger partial charge is 0.417 e. The van der Waals surface area contributed by atoms with Gasteiger partial charge in [-0.2, -0.15) is 13.2 Å². The topological polar surface area (TPSA) is 66.9 Å². The molecule has 2 aromatic rings. The minimum atomic E-state index is -4.50. The Morgan fingerprint density at radius 1 is 1.19 bits per heavy atom. The predicted molar refractivity (Wildman–Crippen MR) is 110 cm³/mol. The molecule has 1 fully saturated rings. The highest BCUT2D eigenvalue weighted by Gasteiger charge is 2.32. The maximum Gasteiger partial charge on any atom is 0.417 e. The van der Waals surface area contributed by atoms with Crippen molar-refractivity contribution in [1.82, 2.24) is 15.2 Å². The monoisotopic (exact) mass is 458 g/mol. The van der Waals surface area contributed by atoms with E-state index in [1.807, 2.05) is 12.1 Å². The number of carbonyl (C=O) groups is 1. The molecule has 1 aliphatic heterocycles. The number of nitrogens with zero attached hydrogens (tertiary/aromatic N) is 3. The molecular formula is C20H22ClF3N4O3. The van der Waals surface area contributed by atoms with Crippen LogP contribution in [0.3, 0.4) is 0 Å². The van der Waals surface area contributed by atoms with Crippen molar-refractivity contribution in [2.75, 3.05) is 45.3 Å². The highest BCUT2D eigenvalue weighted by Crippen LogP contribution is 2.34. The lowest BCUT2D eigenvalue weighted by Gasteiger charge is -2.35. The van der Waals surface area contributed by atoms with E-state index in [-0.39, 0.29) is 23.4 Å². The molecule has 0 unspecified atom stereocenters. The maximum atomic E-state index is 12.8. The van der Waals surface area contributed by atoms with E-state index in [0.717, 1.165) is 17.8 Å². The predicted octanol–water partition coefficient (Wildman–Crippen LogP) is 3.80. The van der Waals surface area contributed by atoms with Crippen molar-refractivity contribution in [3.05, 3.63) is 46.6 Å². The Hall–Kier alpha value is -2.88. The number of carbonyl (C=O) groups excluding carboxylic acids is 1. The first kappa shape index (κ1) is 22.8. The highest BCUT2D eigenvalue weighted by atomic mass is 35.5. The van der Waals surface area contributed by atoms with Crippen LogP contribution in [-0.4, -0.2) is 56.3 Å². The number of halogens is 4. The average Bonchev–Trinajstić information content (AvgIpc) is 2.76. The number of para-hydroxylation sites is 1. The zero-order valence-electron chi connectivity index (χ0n) is 17.0. The third-order valence-corrected chi connectivity index (χ3v) is 5.21. The number of alkyl halides is 3. The van der Waals surface area contributed by atoms with Gasteiger partial charge in [0.2, 0.25) is 0 Å². The summed E-state index contributed by atoms with van der Waals surface area (Å²) < 4.78 is 49.0. The maximum absolute atomic E-state index is 12.8. The third-order valence-electron chi connectivity index (χ3n) is 4.93. The molecule has 0 saturated carbocycles. The number of benzene rings is 1. The van der Waals surface area contributed by atoms with Crippen LogP contribution >= 0.6 is 11.6 Å². The summed E-state index contributed by atoms with van der Waals surface area (Å²) in [5.41, 5.74) is -0.123. The van der Waals surface area contributed by atoms with Gasteiger partial charge in [-0.05, 0) is 12.1 Å². The van der Waals surface area contributed by atoms with Gasteiger partial charge in [0, 0.05) is 44.5 Å². The Balaban J connectivity index is 1.57. The number of aromatic nitrogens is 1. The van der Waals surface area contributed by atoms with Crippen LogP contribution < -0.4 is 19.7 Å². The van der Waals surface area contributed by atoms with Crippen molar-refractivity contribution >= 4 is 23.4 Å². The standard InChI is InChI=1S/C20H22ClF3N4O3/c1-30-16-5-3-4-13(17(16)31-2)11-26-19(29)28-8-6-27(7-9-28)18-15(21)10-14(12-25-18)20(22,23)24/h3-5,10,12H,6-9,11H2,1-2H3,(H,26,29). The fraction of sp³-hybridized carbons (Fsp3) is 0.400. The summed E-state index contributed by atoms with van der Waals surface area (Å²) in [6, 6.07) is 6.02. The van der Waals surface area contributed by atoms with Crippen LogP contribution in [0.15, 0.2) is 30.5 Å². The van der Waals surface area contributed by atoms with Gasteiger partial charge in [-0.1, -0.05) is 23.7 Å². The molecular weight excluding hydrogens is 437 g/mol. The lowest BCUT2D eigenvalue weighted by Crippen LogP contribution is -2.52. The van der Waals surface area contributed by atoms with Gasteiger partial charge >= 0.3 is 12.2 Å². The van der Waals surface area contributed by atoms with E-state index < -0.39 is 11.7 Å². The normalized spacial score (nSPS) is 14.4. The molecule has 31 heavy (non-hydrogen) atoms. The minimum Gasteiger partial charge on any atom is -0.493 e. The van der Waals surface area contributed by atoms with E-state index in [4.69, 9.17) is 21.1 Å². The number of hydrogen-bond donors (Lipinski definition) is 1. The third kappa shape index (κ3) is 5.25. The van der Waals surface area contributed by atoms with Crippen LogP contribution in [0.5, 0.6) is 11.5 Å². The van der Waals surface area contributed by atoms with E-state index in [9.17, 15) is 18.0 Å². The van der Waals surface area contributed by atoms with Crippen molar-refractivity contribution in [2.24, 2.45) is 0 Å². The second-order valence-electron chi connectivity index (χ2n) is 6.81. The van der Waals surface area contributed by atoms with Gasteiger partial charge in [0.25, 0.3) is 0 Å². The molecule has 0 bridgehead atoms. The summed E-state index contributed by atoms with van der Waals surface area (Å²) in [6.07, 6.45) is -3.74. The van der Waals surface area contributed by atoms with Gasteiger partial charge in [0.1, 0.15) is 5.82 Å². The summed E-state index contributed by atoms with van der Waals surface area (Å²) >= 11 is 6.02. The first-order chi connectivity index (χ1) is 14.7. The number of hydrogen-bond acceptors (Lipinski definition) is 5. The molecule has 0 atom stereocenters. The van der Waals surface area contributed by atoms with Gasteiger partial charge in [-0.25, -0.2) is 9.78 Å². The number of rotatable bonds is 5. The summed E-state index contributed by atoms with van der Waals surface area (Å²) in [6.45, 7) is 1.80. The SMILES string of the molecule is COc1cccc(CNC(=O)N2CCN(c3ncc(C(F)(F)F)cc3Cl)CC2)c1OC. The van der Waals surface area contributed by atoms with Gasteiger partial charge in [-0.3, -0.25) is 0 Å². The number of anilines is 1. The number of urea groups is 1. The molecule has 1 aliphatic rings. The fourth-order valence-electron chi connectivity index (χ4n) is 3.32. The number of pyridine rings is 1. The molecule has 11 heteroatoms. The van der Waals surface area contributed by atoms with Gasteiger partial charge < -0.3 is 24.6 Å². The van der Waals surface area contributed by atoms with Crippen molar-refractivity contribution in [2.45, 2.75) is 12.7 Å². The van der Waals surface area contributed by atoms with Crippen LogP contribution in [-0.2, 0) is 12.7 Å². The molecule has 2 amide bonds. The lowest BCUT2D eigenvalue weighted by molar-refractivity contribution is -0.137. The highest BCUT2D eigenvalue weighted by molar-refractivity contribution is 6.33.